The fourth-order valence-electron chi connectivity index (χ4n) is 5.40. The lowest BCUT2D eigenvalue weighted by atomic mass is 9.84. The molecule has 0 spiro atoms. The number of nitrogens with two attached hydrogens (primary N) is 1. The molecule has 21 heteroatoms. The third-order valence-corrected chi connectivity index (χ3v) is 9.27. The van der Waals surface area contributed by atoms with E-state index in [9.17, 15) is 53.4 Å². The molecule has 0 aromatic heterocycles. The topological polar surface area (TPSA) is 321 Å². The van der Waals surface area contributed by atoms with Crippen LogP contribution in [0.3, 0.4) is 0 Å². The van der Waals surface area contributed by atoms with Crippen molar-refractivity contribution in [3.05, 3.63) is 0 Å². The molecule has 5 amide bonds. The molecule has 0 aromatic carbocycles. The normalized spacial score (nSPS) is 16.4. The summed E-state index contributed by atoms with van der Waals surface area (Å²) >= 11 is 5.26. The van der Waals surface area contributed by atoms with Crippen LogP contribution in [0.25, 0.3) is 0 Å². The molecule has 0 heterocycles. The van der Waals surface area contributed by atoms with E-state index in [0.717, 1.165) is 32.1 Å². The van der Waals surface area contributed by atoms with E-state index in [2.05, 4.69) is 39.2 Å². The zero-order chi connectivity index (χ0) is 39.4. The molecule has 0 aliphatic heterocycles. The second-order valence-corrected chi connectivity index (χ2v) is 13.8. The minimum absolute atomic E-state index is 0.0236. The highest BCUT2D eigenvalue weighted by molar-refractivity contribution is 7.98. The first-order valence-corrected chi connectivity index (χ1v) is 18.8. The number of carbonyl (C=O) groups is 9. The molecular formula is C31H50N6O13S2. The van der Waals surface area contributed by atoms with Crippen LogP contribution in [0.2, 0.25) is 0 Å². The van der Waals surface area contributed by atoms with Crippen molar-refractivity contribution < 1.29 is 63.6 Å². The summed E-state index contributed by atoms with van der Waals surface area (Å²) < 4.78 is 0. The molecule has 52 heavy (non-hydrogen) atoms. The standard InChI is InChI=1S/C31H50N6O13S2/c1-52-12-11-20(35-27(45)18(7-9-23(38)39)33-26(44)17(32)14-25(42)43)29(47)34-19(8-10-24(40)41)28(46)36-21(13-16-5-3-2-4-6-16)30(48)37-22(15-51)31(49)50/h16-22,51H,2-15,32H2,1H3,(H,33,44)(H,34,47)(H,35,45)(H,36,46)(H,37,48)(H,38,39)(H,40,41)(H,42,43)(H,49,50)/t17-,18-,19-,20-,21-,22-/m0/s1. The van der Waals surface area contributed by atoms with Gasteiger partial charge in [-0.2, -0.15) is 24.4 Å². The second kappa shape index (κ2) is 24.2. The van der Waals surface area contributed by atoms with Gasteiger partial charge in [-0.25, -0.2) is 4.79 Å². The fourth-order valence-corrected chi connectivity index (χ4v) is 6.12. The summed E-state index contributed by atoms with van der Waals surface area (Å²) in [5.41, 5.74) is 5.58. The highest BCUT2D eigenvalue weighted by Gasteiger charge is 2.34. The van der Waals surface area contributed by atoms with E-state index in [1.165, 1.54) is 11.8 Å². The molecule has 1 saturated carbocycles. The van der Waals surface area contributed by atoms with Crippen molar-refractivity contribution in [1.82, 2.24) is 26.6 Å². The minimum atomic E-state index is -1.57. The molecule has 11 N–H and O–H groups in total. The Bertz CT molecular complexity index is 1280. The summed E-state index contributed by atoms with van der Waals surface area (Å²) in [6.07, 6.45) is 3.33. The van der Waals surface area contributed by atoms with Gasteiger partial charge in [0.2, 0.25) is 29.5 Å². The van der Waals surface area contributed by atoms with Crippen LogP contribution in [0.4, 0.5) is 0 Å². The molecule has 19 nitrogen and oxygen atoms in total. The first kappa shape index (κ1) is 45.9. The van der Waals surface area contributed by atoms with Gasteiger partial charge in [0.15, 0.2) is 0 Å². The zero-order valence-corrected chi connectivity index (χ0v) is 30.5. The van der Waals surface area contributed by atoms with Crippen LogP contribution >= 0.6 is 24.4 Å². The number of amides is 5. The van der Waals surface area contributed by atoms with Crippen molar-refractivity contribution in [1.29, 1.82) is 0 Å². The van der Waals surface area contributed by atoms with Crippen LogP contribution in [0, 0.1) is 5.92 Å². The number of thiol groups is 1. The van der Waals surface area contributed by atoms with E-state index in [1.807, 2.05) is 0 Å². The van der Waals surface area contributed by atoms with Gasteiger partial charge in [0, 0.05) is 18.6 Å². The maximum atomic E-state index is 13.6. The maximum absolute atomic E-state index is 13.6. The maximum Gasteiger partial charge on any atom is 0.327 e. The Hall–Kier alpha value is -4.11. The molecule has 1 fully saturated rings. The molecule has 0 unspecified atom stereocenters. The van der Waals surface area contributed by atoms with E-state index >= 15 is 0 Å². The lowest BCUT2D eigenvalue weighted by Crippen LogP contribution is -2.59. The van der Waals surface area contributed by atoms with Gasteiger partial charge in [-0.15, -0.1) is 0 Å². The average Bonchev–Trinajstić information content (AvgIpc) is 3.07. The number of rotatable bonds is 25. The summed E-state index contributed by atoms with van der Waals surface area (Å²) in [7, 11) is 0. The number of carbonyl (C=O) groups excluding carboxylic acids is 5. The summed E-state index contributed by atoms with van der Waals surface area (Å²) in [5, 5.41) is 48.8. The number of thioether (sulfide) groups is 1. The Morgan fingerprint density at radius 2 is 1.06 bits per heavy atom. The number of hydrogen-bond acceptors (Lipinski definition) is 12. The Kier molecular flexibility index (Phi) is 21.4. The van der Waals surface area contributed by atoms with Gasteiger partial charge in [-0.05, 0) is 43.6 Å². The number of aliphatic carboxylic acids is 4. The van der Waals surface area contributed by atoms with Crippen molar-refractivity contribution in [3.8, 4) is 0 Å². The lowest BCUT2D eigenvalue weighted by molar-refractivity contribution is -0.142. The van der Waals surface area contributed by atoms with E-state index in [4.69, 9.17) is 15.9 Å². The summed E-state index contributed by atoms with van der Waals surface area (Å²) in [4.78, 5) is 112. The Labute approximate surface area is 310 Å². The van der Waals surface area contributed by atoms with Gasteiger partial charge in [-0.1, -0.05) is 32.1 Å². The number of nitrogens with one attached hydrogen (secondary N) is 5. The lowest BCUT2D eigenvalue weighted by Gasteiger charge is -2.29. The number of hydrogen-bond donors (Lipinski definition) is 11. The van der Waals surface area contributed by atoms with E-state index in [1.54, 1.807) is 6.26 Å². The summed E-state index contributed by atoms with van der Waals surface area (Å²) in [5.74, 6) is -10.0. The predicted octanol–water partition coefficient (Wildman–Crippen LogP) is -1.32. The van der Waals surface area contributed by atoms with Gasteiger partial charge in [0.1, 0.15) is 30.2 Å². The zero-order valence-electron chi connectivity index (χ0n) is 28.8. The highest BCUT2D eigenvalue weighted by atomic mass is 32.2. The number of carboxylic acids is 4. The second-order valence-electron chi connectivity index (χ2n) is 12.4. The van der Waals surface area contributed by atoms with Gasteiger partial charge in [0.05, 0.1) is 12.5 Å². The van der Waals surface area contributed by atoms with Crippen LogP contribution < -0.4 is 32.3 Å². The third kappa shape index (κ3) is 17.9. The molecule has 0 saturated heterocycles. The highest BCUT2D eigenvalue weighted by Crippen LogP contribution is 2.27. The van der Waals surface area contributed by atoms with Crippen molar-refractivity contribution in [2.45, 2.75) is 113 Å². The Morgan fingerprint density at radius 3 is 1.48 bits per heavy atom. The molecule has 0 aromatic rings. The third-order valence-electron chi connectivity index (χ3n) is 8.26. The molecule has 0 bridgehead atoms. The van der Waals surface area contributed by atoms with Crippen LogP contribution in [-0.2, 0) is 43.2 Å². The SMILES string of the molecule is CSCC[C@H](NC(=O)[C@H](CCC(=O)O)NC(=O)[C@@H](N)CC(=O)O)C(=O)N[C@@H](CCC(=O)O)C(=O)N[C@@H](CC1CCCCC1)C(=O)N[C@@H](CS)C(=O)O. The van der Waals surface area contributed by atoms with Crippen molar-refractivity contribution >= 4 is 77.8 Å². The molecular weight excluding hydrogens is 729 g/mol. The van der Waals surface area contributed by atoms with Crippen LogP contribution in [0.1, 0.15) is 77.0 Å². The summed E-state index contributed by atoms with van der Waals surface area (Å²) in [6, 6.07) is -8.63. The summed E-state index contributed by atoms with van der Waals surface area (Å²) in [6.45, 7) is 0. The van der Waals surface area contributed by atoms with Crippen molar-refractivity contribution in [2.24, 2.45) is 11.7 Å². The molecule has 6 atom stereocenters. The monoisotopic (exact) mass is 778 g/mol. The number of carboxylic acid groups (broad SMARTS) is 4. The van der Waals surface area contributed by atoms with Gasteiger partial charge >= 0.3 is 23.9 Å². The molecule has 0 radical (unpaired) electrons. The Morgan fingerprint density at radius 1 is 0.635 bits per heavy atom. The van der Waals surface area contributed by atoms with Crippen LogP contribution in [0.15, 0.2) is 0 Å². The largest absolute Gasteiger partial charge is 0.481 e. The average molecular weight is 779 g/mol. The van der Waals surface area contributed by atoms with Gasteiger partial charge in [0.25, 0.3) is 0 Å². The van der Waals surface area contributed by atoms with Crippen molar-refractivity contribution in [2.75, 3.05) is 17.8 Å². The fraction of sp³-hybridized carbons (Fsp3) is 0.710. The molecule has 294 valence electrons. The Balaban J connectivity index is 3.30. The van der Waals surface area contributed by atoms with E-state index < -0.39 is 122 Å². The van der Waals surface area contributed by atoms with E-state index in [-0.39, 0.29) is 24.5 Å². The molecule has 1 rings (SSSR count). The molecule has 1 aliphatic rings. The van der Waals surface area contributed by atoms with Crippen LogP contribution in [-0.4, -0.2) is 128 Å². The van der Waals surface area contributed by atoms with Gasteiger partial charge < -0.3 is 52.7 Å². The smallest absolute Gasteiger partial charge is 0.327 e. The first-order chi connectivity index (χ1) is 24.5. The van der Waals surface area contributed by atoms with Crippen LogP contribution in [0.5, 0.6) is 0 Å². The quantitative estimate of drug-likeness (QED) is 0.0479. The van der Waals surface area contributed by atoms with E-state index in [0.29, 0.717) is 5.75 Å². The predicted molar refractivity (Wildman–Crippen MR) is 189 cm³/mol. The van der Waals surface area contributed by atoms with Crippen molar-refractivity contribution in [3.63, 3.8) is 0 Å². The van der Waals surface area contributed by atoms with Gasteiger partial charge in [-0.3, -0.25) is 38.4 Å². The minimum Gasteiger partial charge on any atom is -0.481 e. The first-order valence-electron chi connectivity index (χ1n) is 16.7. The molecule has 1 aliphatic carbocycles.